The van der Waals surface area contributed by atoms with Crippen molar-refractivity contribution in [2.45, 2.75) is 56.8 Å². The van der Waals surface area contributed by atoms with Crippen molar-refractivity contribution in [2.75, 3.05) is 11.1 Å². The number of nitrogens with zero attached hydrogens (tertiary/aromatic N) is 1. The number of rotatable bonds is 5. The number of benzene rings is 1. The maximum absolute atomic E-state index is 14.3. The highest BCUT2D eigenvalue weighted by Gasteiger charge is 2.42. The van der Waals surface area contributed by atoms with Crippen LogP contribution in [0.1, 0.15) is 60.0 Å². The monoisotopic (exact) mass is 450 g/mol. The number of Topliss-reactive ketones (excluding diaryl/α,β-unsaturated/α-hetero) is 1. The fourth-order valence-corrected chi connectivity index (χ4v) is 6.26. The van der Waals surface area contributed by atoms with Gasteiger partial charge in [-0.25, -0.2) is 17.8 Å². The van der Waals surface area contributed by atoms with Gasteiger partial charge in [0.25, 0.3) is 0 Å². The molecule has 1 aromatic carbocycles. The number of carbonyl (C=O) groups excluding carboxylic acids is 2. The molecule has 0 atom stereocenters. The average Bonchev–Trinajstić information content (AvgIpc) is 3.30. The number of carbonyl (C=O) groups is 2. The number of ketones is 1. The van der Waals surface area contributed by atoms with Crippen molar-refractivity contribution in [3.8, 4) is 0 Å². The number of halogens is 1. The number of aromatic nitrogens is 1. The molecule has 1 heterocycles. The smallest absolute Gasteiger partial charge is 0.230 e. The number of hydrogen-bond donors (Lipinski definition) is 1. The van der Waals surface area contributed by atoms with Gasteiger partial charge in [-0.3, -0.25) is 9.59 Å². The molecule has 6 nitrogen and oxygen atoms in total. The zero-order valence-electron chi connectivity index (χ0n) is 16.7. The summed E-state index contributed by atoms with van der Waals surface area (Å²) >= 11 is 1.17. The Morgan fingerprint density at radius 3 is 2.67 bits per heavy atom. The standard InChI is InChI=1S/C21H23FN2O4S2/c1-2-30(27,28)14-6-5-13(15(22)10-14)9-18(26)24-20-23-16-11-21(7-3-4-8-21)12-17(25)19(16)29-20/h5-6,10H,2-4,7-9,11-12H2,1H3,(H,23,24,26). The maximum atomic E-state index is 14.3. The lowest BCUT2D eigenvalue weighted by Crippen LogP contribution is -2.29. The lowest BCUT2D eigenvalue weighted by Gasteiger charge is -2.31. The van der Waals surface area contributed by atoms with Crippen LogP contribution in [0.3, 0.4) is 0 Å². The van der Waals surface area contributed by atoms with Gasteiger partial charge in [-0.2, -0.15) is 0 Å². The van der Waals surface area contributed by atoms with E-state index in [4.69, 9.17) is 0 Å². The molecule has 1 saturated carbocycles. The van der Waals surface area contributed by atoms with Crippen LogP contribution in [0.2, 0.25) is 0 Å². The molecule has 9 heteroatoms. The van der Waals surface area contributed by atoms with Crippen molar-refractivity contribution in [3.63, 3.8) is 0 Å². The van der Waals surface area contributed by atoms with E-state index in [0.717, 1.165) is 43.9 Å². The van der Waals surface area contributed by atoms with Gasteiger partial charge in [0.1, 0.15) is 5.82 Å². The number of hydrogen-bond acceptors (Lipinski definition) is 6. The summed E-state index contributed by atoms with van der Waals surface area (Å²) in [7, 11) is -3.51. The third-order valence-corrected chi connectivity index (χ3v) is 8.84. The van der Waals surface area contributed by atoms with Crippen molar-refractivity contribution >= 4 is 38.0 Å². The predicted octanol–water partition coefficient (Wildman–Crippen LogP) is 3.95. The van der Waals surface area contributed by atoms with Crippen molar-refractivity contribution in [1.29, 1.82) is 0 Å². The molecule has 1 N–H and O–H groups in total. The fourth-order valence-electron chi connectivity index (χ4n) is 4.43. The zero-order valence-corrected chi connectivity index (χ0v) is 18.3. The molecule has 1 spiro atoms. The normalized spacial score (nSPS) is 17.9. The Bertz CT molecular complexity index is 1120. The highest BCUT2D eigenvalue weighted by atomic mass is 32.2. The van der Waals surface area contributed by atoms with Crippen molar-refractivity contribution < 1.29 is 22.4 Å². The van der Waals surface area contributed by atoms with E-state index in [2.05, 4.69) is 10.3 Å². The maximum Gasteiger partial charge on any atom is 0.230 e. The van der Waals surface area contributed by atoms with Gasteiger partial charge in [0.15, 0.2) is 20.8 Å². The van der Waals surface area contributed by atoms with Crippen LogP contribution in [0.5, 0.6) is 0 Å². The molecule has 2 aliphatic carbocycles. The molecular formula is C21H23FN2O4S2. The first-order valence-corrected chi connectivity index (χ1v) is 12.5. The first-order valence-electron chi connectivity index (χ1n) is 10.1. The average molecular weight is 451 g/mol. The van der Waals surface area contributed by atoms with Crippen LogP contribution < -0.4 is 5.32 Å². The second-order valence-electron chi connectivity index (χ2n) is 8.16. The molecule has 0 unspecified atom stereocenters. The molecular weight excluding hydrogens is 427 g/mol. The van der Waals surface area contributed by atoms with Crippen LogP contribution in [0, 0.1) is 11.2 Å². The van der Waals surface area contributed by atoms with Gasteiger partial charge in [0, 0.05) is 6.42 Å². The topological polar surface area (TPSA) is 93.2 Å². The quantitative estimate of drug-likeness (QED) is 0.745. The van der Waals surface area contributed by atoms with Crippen LogP contribution in [0.15, 0.2) is 23.1 Å². The molecule has 0 saturated heterocycles. The third kappa shape index (κ3) is 4.05. The van der Waals surface area contributed by atoms with Crippen molar-refractivity contribution in [1.82, 2.24) is 4.98 Å². The van der Waals surface area contributed by atoms with Gasteiger partial charge in [0.05, 0.1) is 27.6 Å². The van der Waals surface area contributed by atoms with Crippen LogP contribution in [-0.2, 0) is 27.5 Å². The highest BCUT2D eigenvalue weighted by molar-refractivity contribution is 7.91. The third-order valence-electron chi connectivity index (χ3n) is 6.05. The Kier molecular flexibility index (Phi) is 5.52. The minimum Gasteiger partial charge on any atom is -0.302 e. The van der Waals surface area contributed by atoms with Gasteiger partial charge >= 0.3 is 0 Å². The van der Waals surface area contributed by atoms with Crippen molar-refractivity contribution in [3.05, 3.63) is 40.2 Å². The summed E-state index contributed by atoms with van der Waals surface area (Å²) in [6.45, 7) is 1.49. The van der Waals surface area contributed by atoms with Crippen LogP contribution >= 0.6 is 11.3 Å². The molecule has 1 amide bonds. The van der Waals surface area contributed by atoms with E-state index >= 15 is 0 Å². The summed E-state index contributed by atoms with van der Waals surface area (Å²) in [5.41, 5.74) is 0.891. The SMILES string of the molecule is CCS(=O)(=O)c1ccc(CC(=O)Nc2nc3c(s2)C(=O)CC2(CCCC2)C3)c(F)c1. The molecule has 2 aliphatic rings. The second-order valence-corrected chi connectivity index (χ2v) is 11.4. The second kappa shape index (κ2) is 7.85. The van der Waals surface area contributed by atoms with E-state index in [9.17, 15) is 22.4 Å². The van der Waals surface area contributed by atoms with E-state index in [1.165, 1.54) is 30.4 Å². The van der Waals surface area contributed by atoms with E-state index in [-0.39, 0.29) is 33.8 Å². The Balaban J connectivity index is 1.46. The van der Waals surface area contributed by atoms with Gasteiger partial charge in [-0.15, -0.1) is 0 Å². The first kappa shape index (κ1) is 21.1. The Hall–Kier alpha value is -2.13. The Morgan fingerprint density at radius 2 is 2.00 bits per heavy atom. The molecule has 0 aliphatic heterocycles. The number of sulfone groups is 1. The minimum absolute atomic E-state index is 0.0309. The van der Waals surface area contributed by atoms with Crippen molar-refractivity contribution in [2.24, 2.45) is 5.41 Å². The summed E-state index contributed by atoms with van der Waals surface area (Å²) in [4.78, 5) is 30.0. The first-order chi connectivity index (χ1) is 14.2. The lowest BCUT2D eigenvalue weighted by atomic mass is 9.73. The van der Waals surface area contributed by atoms with E-state index in [1.807, 2.05) is 0 Å². The summed E-state index contributed by atoms with van der Waals surface area (Å²) in [5, 5.41) is 3.01. The number of fused-ring (bicyclic) bond motifs is 1. The number of amides is 1. The van der Waals surface area contributed by atoms with Gasteiger partial charge in [-0.05, 0) is 42.4 Å². The number of nitrogens with one attached hydrogen (secondary N) is 1. The summed E-state index contributed by atoms with van der Waals surface area (Å²) in [6, 6.07) is 3.58. The summed E-state index contributed by atoms with van der Waals surface area (Å²) < 4.78 is 38.0. The van der Waals surface area contributed by atoms with E-state index < -0.39 is 21.6 Å². The van der Waals surface area contributed by atoms with Gasteiger partial charge in [-0.1, -0.05) is 37.2 Å². The zero-order chi connectivity index (χ0) is 21.5. The number of anilines is 1. The summed E-state index contributed by atoms with van der Waals surface area (Å²) in [5.74, 6) is -1.23. The predicted molar refractivity (Wildman–Crippen MR) is 112 cm³/mol. The Morgan fingerprint density at radius 1 is 1.27 bits per heavy atom. The molecule has 2 aromatic rings. The lowest BCUT2D eigenvalue weighted by molar-refractivity contribution is -0.115. The van der Waals surface area contributed by atoms with Crippen LogP contribution in [0.25, 0.3) is 0 Å². The molecule has 160 valence electrons. The number of thiazole rings is 1. The molecule has 0 radical (unpaired) electrons. The largest absolute Gasteiger partial charge is 0.302 e. The van der Waals surface area contributed by atoms with E-state index in [0.29, 0.717) is 16.4 Å². The molecule has 4 rings (SSSR count). The van der Waals surface area contributed by atoms with Crippen LogP contribution in [-0.4, -0.2) is 30.8 Å². The molecule has 0 bridgehead atoms. The minimum atomic E-state index is -3.51. The highest BCUT2D eigenvalue weighted by Crippen LogP contribution is 2.48. The van der Waals surface area contributed by atoms with Gasteiger partial charge < -0.3 is 5.32 Å². The Labute approximate surface area is 178 Å². The van der Waals surface area contributed by atoms with E-state index in [1.54, 1.807) is 0 Å². The summed E-state index contributed by atoms with van der Waals surface area (Å²) in [6.07, 6.45) is 5.43. The van der Waals surface area contributed by atoms with Gasteiger partial charge in [0.2, 0.25) is 5.91 Å². The van der Waals surface area contributed by atoms with Crippen LogP contribution in [0.4, 0.5) is 9.52 Å². The molecule has 1 fully saturated rings. The molecule has 1 aromatic heterocycles. The molecule has 30 heavy (non-hydrogen) atoms. The fraction of sp³-hybridized carbons (Fsp3) is 0.476.